The summed E-state index contributed by atoms with van der Waals surface area (Å²) in [5, 5.41) is 13.7. The summed E-state index contributed by atoms with van der Waals surface area (Å²) in [5.41, 5.74) is 4.30. The molecule has 110 valence electrons. The van der Waals surface area contributed by atoms with Crippen molar-refractivity contribution >= 4 is 17.9 Å². The van der Waals surface area contributed by atoms with Crippen molar-refractivity contribution in [2.75, 3.05) is 0 Å². The van der Waals surface area contributed by atoms with E-state index in [1.54, 1.807) is 13.8 Å². The number of amides is 3. The summed E-state index contributed by atoms with van der Waals surface area (Å²) in [6.45, 7) is 3.35. The van der Waals surface area contributed by atoms with Gasteiger partial charge in [-0.1, -0.05) is 0 Å². The molecule has 8 heteroatoms. The van der Waals surface area contributed by atoms with Crippen LogP contribution in [0.5, 0.6) is 0 Å². The Balaban J connectivity index is 2.46. The second-order valence-corrected chi connectivity index (χ2v) is 4.91. The molecule has 0 aromatic carbocycles. The third-order valence-electron chi connectivity index (χ3n) is 2.36. The van der Waals surface area contributed by atoms with Crippen LogP contribution >= 0.6 is 0 Å². The minimum absolute atomic E-state index is 0.00430. The lowest BCUT2D eigenvalue weighted by Gasteiger charge is -2.24. The average molecular weight is 283 g/mol. The van der Waals surface area contributed by atoms with Crippen molar-refractivity contribution in [3.05, 3.63) is 23.7 Å². The van der Waals surface area contributed by atoms with Crippen molar-refractivity contribution in [2.45, 2.75) is 32.4 Å². The van der Waals surface area contributed by atoms with Crippen LogP contribution in [-0.4, -0.2) is 28.6 Å². The summed E-state index contributed by atoms with van der Waals surface area (Å²) in [5.74, 6) is -1.59. The van der Waals surface area contributed by atoms with Gasteiger partial charge in [0.25, 0.3) is 0 Å². The molecular weight excluding hydrogens is 266 g/mol. The van der Waals surface area contributed by atoms with E-state index in [4.69, 9.17) is 15.3 Å². The Hall–Kier alpha value is -2.51. The van der Waals surface area contributed by atoms with Crippen LogP contribution in [0.15, 0.2) is 16.5 Å². The van der Waals surface area contributed by atoms with Gasteiger partial charge in [0.1, 0.15) is 5.76 Å². The van der Waals surface area contributed by atoms with Crippen LogP contribution in [0, 0.1) is 0 Å². The first kappa shape index (κ1) is 15.5. The lowest BCUT2D eigenvalue weighted by atomic mass is 10.0. The maximum atomic E-state index is 11.6. The van der Waals surface area contributed by atoms with Crippen LogP contribution in [0.25, 0.3) is 0 Å². The topological polar surface area (TPSA) is 135 Å². The number of hydrogen-bond donors (Lipinski definition) is 4. The molecule has 1 heterocycles. The quantitative estimate of drug-likeness (QED) is 0.600. The predicted octanol–water partition coefficient (Wildman–Crippen LogP) is 0.431. The van der Waals surface area contributed by atoms with Crippen LogP contribution in [0.2, 0.25) is 0 Å². The molecule has 3 amide bonds. The smallest absolute Gasteiger partial charge is 0.371 e. The minimum atomic E-state index is -1.18. The van der Waals surface area contributed by atoms with Gasteiger partial charge in [-0.2, -0.15) is 0 Å². The van der Waals surface area contributed by atoms with Crippen molar-refractivity contribution < 1.29 is 23.9 Å². The SMILES string of the molecule is CC(C)(CC(N)=O)NC(=O)NCc1ccc(C(=O)O)o1. The van der Waals surface area contributed by atoms with E-state index in [0.717, 1.165) is 0 Å². The highest BCUT2D eigenvalue weighted by Crippen LogP contribution is 2.09. The highest BCUT2D eigenvalue weighted by molar-refractivity contribution is 5.84. The zero-order chi connectivity index (χ0) is 15.3. The largest absolute Gasteiger partial charge is 0.475 e. The number of urea groups is 1. The molecule has 5 N–H and O–H groups in total. The zero-order valence-corrected chi connectivity index (χ0v) is 11.2. The fourth-order valence-electron chi connectivity index (χ4n) is 1.59. The number of carboxylic acids is 1. The average Bonchev–Trinajstić information content (AvgIpc) is 2.72. The summed E-state index contributed by atoms with van der Waals surface area (Å²) in [7, 11) is 0. The summed E-state index contributed by atoms with van der Waals surface area (Å²) in [4.78, 5) is 33.0. The Bertz CT molecular complexity index is 521. The molecule has 20 heavy (non-hydrogen) atoms. The molecule has 1 rings (SSSR count). The van der Waals surface area contributed by atoms with E-state index in [0.29, 0.717) is 5.76 Å². The van der Waals surface area contributed by atoms with Crippen molar-refractivity contribution in [1.29, 1.82) is 0 Å². The lowest BCUT2D eigenvalue weighted by molar-refractivity contribution is -0.119. The third kappa shape index (κ3) is 5.01. The first-order valence-electron chi connectivity index (χ1n) is 5.86. The monoisotopic (exact) mass is 283 g/mol. The van der Waals surface area contributed by atoms with E-state index >= 15 is 0 Å². The molecule has 0 bridgehead atoms. The van der Waals surface area contributed by atoms with Crippen LogP contribution in [0.3, 0.4) is 0 Å². The van der Waals surface area contributed by atoms with Gasteiger partial charge >= 0.3 is 12.0 Å². The van der Waals surface area contributed by atoms with Crippen LogP contribution in [0.4, 0.5) is 4.79 Å². The van der Waals surface area contributed by atoms with Gasteiger partial charge < -0.3 is 25.9 Å². The second-order valence-electron chi connectivity index (χ2n) is 4.91. The fraction of sp³-hybridized carbons (Fsp3) is 0.417. The number of carbonyl (C=O) groups excluding carboxylic acids is 2. The summed E-state index contributed by atoms with van der Waals surface area (Å²) < 4.78 is 4.97. The Morgan fingerprint density at radius 3 is 2.50 bits per heavy atom. The number of carboxylic acid groups (broad SMARTS) is 1. The minimum Gasteiger partial charge on any atom is -0.475 e. The molecule has 0 saturated heterocycles. The van der Waals surface area contributed by atoms with Crippen LogP contribution < -0.4 is 16.4 Å². The number of nitrogens with one attached hydrogen (secondary N) is 2. The molecule has 1 aromatic heterocycles. The Morgan fingerprint density at radius 1 is 1.35 bits per heavy atom. The molecule has 0 aliphatic heterocycles. The number of rotatable bonds is 6. The predicted molar refractivity (Wildman–Crippen MR) is 68.9 cm³/mol. The zero-order valence-electron chi connectivity index (χ0n) is 11.2. The molecule has 0 aliphatic carbocycles. The van der Waals surface area contributed by atoms with E-state index < -0.39 is 23.4 Å². The standard InChI is InChI=1S/C12H17N3O5/c1-12(2,5-9(13)16)15-11(19)14-6-7-3-4-8(20-7)10(17)18/h3-4H,5-6H2,1-2H3,(H2,13,16)(H,17,18)(H2,14,15,19). The maximum Gasteiger partial charge on any atom is 0.371 e. The summed E-state index contributed by atoms with van der Waals surface area (Å²) in [6.07, 6.45) is 0.00430. The highest BCUT2D eigenvalue weighted by atomic mass is 16.4. The van der Waals surface area contributed by atoms with Gasteiger partial charge in [0, 0.05) is 12.0 Å². The molecule has 0 fully saturated rings. The molecule has 0 saturated carbocycles. The normalized spacial score (nSPS) is 10.9. The molecule has 8 nitrogen and oxygen atoms in total. The van der Waals surface area contributed by atoms with E-state index in [-0.39, 0.29) is 18.7 Å². The first-order chi connectivity index (χ1) is 9.19. The number of primary amides is 1. The molecule has 0 unspecified atom stereocenters. The Labute approximate surface area is 115 Å². The second kappa shape index (κ2) is 6.09. The van der Waals surface area contributed by atoms with Gasteiger partial charge in [-0.15, -0.1) is 0 Å². The number of aromatic carboxylic acids is 1. The van der Waals surface area contributed by atoms with E-state index in [1.165, 1.54) is 12.1 Å². The van der Waals surface area contributed by atoms with Crippen molar-refractivity contribution in [2.24, 2.45) is 5.73 Å². The van der Waals surface area contributed by atoms with Crippen molar-refractivity contribution in [3.63, 3.8) is 0 Å². The molecular formula is C12H17N3O5. The van der Waals surface area contributed by atoms with Crippen LogP contribution in [-0.2, 0) is 11.3 Å². The third-order valence-corrected chi connectivity index (χ3v) is 2.36. The molecule has 1 aromatic rings. The maximum absolute atomic E-state index is 11.6. The Kier molecular flexibility index (Phi) is 4.73. The fourth-order valence-corrected chi connectivity index (χ4v) is 1.59. The van der Waals surface area contributed by atoms with E-state index in [2.05, 4.69) is 10.6 Å². The van der Waals surface area contributed by atoms with E-state index in [1.807, 2.05) is 0 Å². The van der Waals surface area contributed by atoms with Crippen molar-refractivity contribution in [3.8, 4) is 0 Å². The molecule has 0 spiro atoms. The first-order valence-corrected chi connectivity index (χ1v) is 5.86. The van der Waals surface area contributed by atoms with Crippen LogP contribution in [0.1, 0.15) is 36.6 Å². The number of nitrogens with two attached hydrogens (primary N) is 1. The van der Waals surface area contributed by atoms with Gasteiger partial charge in [0.05, 0.1) is 6.54 Å². The van der Waals surface area contributed by atoms with E-state index in [9.17, 15) is 14.4 Å². The van der Waals surface area contributed by atoms with Gasteiger partial charge in [0.2, 0.25) is 11.7 Å². The summed E-state index contributed by atoms with van der Waals surface area (Å²) >= 11 is 0. The summed E-state index contributed by atoms with van der Waals surface area (Å²) in [6, 6.07) is 2.25. The van der Waals surface area contributed by atoms with Gasteiger partial charge in [-0.3, -0.25) is 4.79 Å². The molecule has 0 radical (unpaired) electrons. The number of hydrogen-bond acceptors (Lipinski definition) is 4. The number of furan rings is 1. The van der Waals surface area contributed by atoms with Gasteiger partial charge in [-0.05, 0) is 26.0 Å². The van der Waals surface area contributed by atoms with Crippen molar-refractivity contribution in [1.82, 2.24) is 10.6 Å². The molecule has 0 aliphatic rings. The van der Waals surface area contributed by atoms with Gasteiger partial charge in [0.15, 0.2) is 0 Å². The Morgan fingerprint density at radius 2 is 2.00 bits per heavy atom. The van der Waals surface area contributed by atoms with Gasteiger partial charge in [-0.25, -0.2) is 9.59 Å². The molecule has 0 atom stereocenters. The highest BCUT2D eigenvalue weighted by Gasteiger charge is 2.22. The lowest BCUT2D eigenvalue weighted by Crippen LogP contribution is -2.49. The number of carbonyl (C=O) groups is 3.